The van der Waals surface area contributed by atoms with Gasteiger partial charge in [0, 0.05) is 10.6 Å². The first-order valence-electron chi connectivity index (χ1n) is 8.02. The molecule has 0 saturated heterocycles. The van der Waals surface area contributed by atoms with Gasteiger partial charge in [0.2, 0.25) is 0 Å². The van der Waals surface area contributed by atoms with Crippen molar-refractivity contribution in [2.75, 3.05) is 11.9 Å². The van der Waals surface area contributed by atoms with Gasteiger partial charge in [0.1, 0.15) is 17.2 Å². The summed E-state index contributed by atoms with van der Waals surface area (Å²) in [6.45, 7) is 4.57. The maximum atomic E-state index is 12.1. The summed E-state index contributed by atoms with van der Waals surface area (Å²) in [5, 5.41) is 2.88. The first kappa shape index (κ1) is 17.0. The molecule has 0 aliphatic carbocycles. The van der Waals surface area contributed by atoms with Crippen LogP contribution in [0.15, 0.2) is 60.7 Å². The number of carbonyl (C=O) groups is 1. The Hall–Kier alpha value is -2.79. The zero-order chi connectivity index (χ0) is 17.6. The minimum atomic E-state index is -0.0988. The van der Waals surface area contributed by atoms with E-state index in [9.17, 15) is 4.79 Å². The summed E-state index contributed by atoms with van der Waals surface area (Å²) < 4.78 is 11.2. The molecule has 2 aromatic carbocycles. The monoisotopic (exact) mass is 353 g/mol. The van der Waals surface area contributed by atoms with E-state index in [0.29, 0.717) is 17.2 Å². The van der Waals surface area contributed by atoms with Crippen LogP contribution < -0.4 is 14.8 Å². The number of hydrogen-bond acceptors (Lipinski definition) is 4. The number of ether oxygens (including phenoxy) is 2. The van der Waals surface area contributed by atoms with Gasteiger partial charge in [0.25, 0.3) is 5.91 Å². The zero-order valence-corrected chi connectivity index (χ0v) is 14.9. The lowest BCUT2D eigenvalue weighted by molar-refractivity contribution is 0.103. The average molecular weight is 353 g/mol. The molecule has 0 spiro atoms. The van der Waals surface area contributed by atoms with E-state index in [4.69, 9.17) is 9.47 Å². The third-order valence-electron chi connectivity index (χ3n) is 3.45. The highest BCUT2D eigenvalue weighted by atomic mass is 32.1. The molecule has 0 bridgehead atoms. The molecule has 0 aliphatic heterocycles. The summed E-state index contributed by atoms with van der Waals surface area (Å²) in [6.07, 6.45) is 0. The number of nitrogens with one attached hydrogen (secondary N) is 1. The van der Waals surface area contributed by atoms with Crippen LogP contribution in [0.4, 0.5) is 5.69 Å². The predicted molar refractivity (Wildman–Crippen MR) is 101 cm³/mol. The Morgan fingerprint density at radius 1 is 0.920 bits per heavy atom. The van der Waals surface area contributed by atoms with E-state index in [-0.39, 0.29) is 5.91 Å². The number of carbonyl (C=O) groups excluding carboxylic acids is 1. The van der Waals surface area contributed by atoms with Crippen LogP contribution in [0.25, 0.3) is 0 Å². The molecule has 4 nitrogen and oxygen atoms in total. The van der Waals surface area contributed by atoms with E-state index in [1.807, 2.05) is 74.5 Å². The van der Waals surface area contributed by atoms with Crippen LogP contribution in [0.5, 0.6) is 17.2 Å². The van der Waals surface area contributed by atoms with Crippen LogP contribution in [-0.4, -0.2) is 12.5 Å². The number of hydrogen-bond donors (Lipinski definition) is 1. The smallest absolute Gasteiger partial charge is 0.265 e. The zero-order valence-electron chi connectivity index (χ0n) is 14.1. The Labute approximate surface area is 151 Å². The van der Waals surface area contributed by atoms with E-state index in [0.717, 1.165) is 22.1 Å². The molecule has 0 fully saturated rings. The first-order valence-corrected chi connectivity index (χ1v) is 8.84. The van der Waals surface area contributed by atoms with Crippen molar-refractivity contribution < 1.29 is 14.3 Å². The molecular formula is C20H19NO3S. The second kappa shape index (κ2) is 7.85. The number of anilines is 1. The van der Waals surface area contributed by atoms with Gasteiger partial charge in [0.15, 0.2) is 0 Å². The minimum absolute atomic E-state index is 0.0988. The van der Waals surface area contributed by atoms with Gasteiger partial charge in [-0.1, -0.05) is 0 Å². The topological polar surface area (TPSA) is 47.6 Å². The molecule has 3 rings (SSSR count). The van der Waals surface area contributed by atoms with Gasteiger partial charge in [0.05, 0.1) is 11.5 Å². The molecule has 3 aromatic rings. The van der Waals surface area contributed by atoms with Crippen LogP contribution in [0.3, 0.4) is 0 Å². The Balaban J connectivity index is 1.61. The lowest BCUT2D eigenvalue weighted by Gasteiger charge is -2.08. The van der Waals surface area contributed by atoms with Crippen LogP contribution in [-0.2, 0) is 0 Å². The maximum absolute atomic E-state index is 12.1. The number of thiophene rings is 1. The Kier molecular flexibility index (Phi) is 5.36. The van der Waals surface area contributed by atoms with Crippen molar-refractivity contribution in [3.05, 3.63) is 70.4 Å². The Morgan fingerprint density at radius 3 is 2.08 bits per heavy atom. The molecule has 1 heterocycles. The van der Waals surface area contributed by atoms with Crippen molar-refractivity contribution in [2.45, 2.75) is 13.8 Å². The number of amides is 1. The van der Waals surface area contributed by atoms with Crippen molar-refractivity contribution in [3.63, 3.8) is 0 Å². The average Bonchev–Trinajstić information content (AvgIpc) is 3.05. The van der Waals surface area contributed by atoms with Crippen molar-refractivity contribution >= 4 is 22.9 Å². The van der Waals surface area contributed by atoms with Crippen molar-refractivity contribution in [3.8, 4) is 17.2 Å². The standard InChI is InChI=1S/C20H19NO3S/c1-3-23-16-9-11-18(12-10-16)24-17-7-5-15(6-8-17)21-20(22)19-13-4-14(2)25-19/h4-13H,3H2,1-2H3,(H,21,22). The molecule has 128 valence electrons. The molecule has 0 atom stereocenters. The second-order valence-corrected chi connectivity index (χ2v) is 6.68. The van der Waals surface area contributed by atoms with Gasteiger partial charge in [-0.25, -0.2) is 0 Å². The molecule has 0 saturated carbocycles. The molecule has 5 heteroatoms. The van der Waals surface area contributed by atoms with E-state index >= 15 is 0 Å². The fourth-order valence-corrected chi connectivity index (χ4v) is 3.02. The van der Waals surface area contributed by atoms with Crippen LogP contribution in [0.2, 0.25) is 0 Å². The fraction of sp³-hybridized carbons (Fsp3) is 0.150. The molecule has 1 N–H and O–H groups in total. The van der Waals surface area contributed by atoms with Crippen molar-refractivity contribution in [1.82, 2.24) is 0 Å². The van der Waals surface area contributed by atoms with Crippen LogP contribution in [0.1, 0.15) is 21.5 Å². The van der Waals surface area contributed by atoms with Crippen LogP contribution >= 0.6 is 11.3 Å². The van der Waals surface area contributed by atoms with E-state index in [2.05, 4.69) is 5.32 Å². The lowest BCUT2D eigenvalue weighted by Crippen LogP contribution is -2.09. The van der Waals surface area contributed by atoms with Crippen LogP contribution in [0, 0.1) is 6.92 Å². The highest BCUT2D eigenvalue weighted by Crippen LogP contribution is 2.25. The highest BCUT2D eigenvalue weighted by molar-refractivity contribution is 7.14. The molecule has 1 amide bonds. The highest BCUT2D eigenvalue weighted by Gasteiger charge is 2.08. The molecule has 25 heavy (non-hydrogen) atoms. The largest absolute Gasteiger partial charge is 0.494 e. The quantitative estimate of drug-likeness (QED) is 0.636. The van der Waals surface area contributed by atoms with Gasteiger partial charge < -0.3 is 14.8 Å². The molecule has 1 aromatic heterocycles. The molecule has 0 radical (unpaired) electrons. The third-order valence-corrected chi connectivity index (χ3v) is 4.45. The first-order chi connectivity index (χ1) is 12.1. The number of rotatable bonds is 6. The van der Waals surface area contributed by atoms with E-state index < -0.39 is 0 Å². The van der Waals surface area contributed by atoms with Gasteiger partial charge in [-0.2, -0.15) is 0 Å². The van der Waals surface area contributed by atoms with Gasteiger partial charge in [-0.05, 0) is 74.5 Å². The molecule has 0 aliphatic rings. The van der Waals surface area contributed by atoms with E-state index in [1.54, 1.807) is 0 Å². The SMILES string of the molecule is CCOc1ccc(Oc2ccc(NC(=O)c3ccc(C)s3)cc2)cc1. The van der Waals surface area contributed by atoms with Gasteiger partial charge in [-0.15, -0.1) is 11.3 Å². The maximum Gasteiger partial charge on any atom is 0.265 e. The minimum Gasteiger partial charge on any atom is -0.494 e. The summed E-state index contributed by atoms with van der Waals surface area (Å²) in [7, 11) is 0. The second-order valence-electron chi connectivity index (χ2n) is 5.40. The Bertz CT molecular complexity index is 838. The summed E-state index contributed by atoms with van der Waals surface area (Å²) in [5.41, 5.74) is 0.732. The van der Waals surface area contributed by atoms with Crippen molar-refractivity contribution in [1.29, 1.82) is 0 Å². The predicted octanol–water partition coefficient (Wildman–Crippen LogP) is 5.50. The lowest BCUT2D eigenvalue weighted by atomic mass is 10.3. The molecular weight excluding hydrogens is 334 g/mol. The fourth-order valence-electron chi connectivity index (χ4n) is 2.26. The summed E-state index contributed by atoms with van der Waals surface area (Å²) >= 11 is 1.48. The van der Waals surface area contributed by atoms with Gasteiger partial charge >= 0.3 is 0 Å². The third kappa shape index (κ3) is 4.61. The Morgan fingerprint density at radius 2 is 1.52 bits per heavy atom. The normalized spacial score (nSPS) is 10.3. The number of benzene rings is 2. The van der Waals surface area contributed by atoms with E-state index in [1.165, 1.54) is 11.3 Å². The number of aryl methyl sites for hydroxylation is 1. The summed E-state index contributed by atoms with van der Waals surface area (Å²) in [5.74, 6) is 2.15. The summed E-state index contributed by atoms with van der Waals surface area (Å²) in [6, 6.07) is 18.5. The summed E-state index contributed by atoms with van der Waals surface area (Å²) in [4.78, 5) is 14.0. The molecule has 0 unspecified atom stereocenters. The van der Waals surface area contributed by atoms with Crippen molar-refractivity contribution in [2.24, 2.45) is 0 Å². The van der Waals surface area contributed by atoms with Gasteiger partial charge in [-0.3, -0.25) is 4.79 Å².